The molecule has 2 rings (SSSR count). The third-order valence-corrected chi connectivity index (χ3v) is 4.67. The second-order valence-corrected chi connectivity index (χ2v) is 7.55. The summed E-state index contributed by atoms with van der Waals surface area (Å²) >= 11 is 0. The van der Waals surface area contributed by atoms with Crippen molar-refractivity contribution >= 4 is 34.8 Å². The summed E-state index contributed by atoms with van der Waals surface area (Å²) in [6.07, 6.45) is 0. The summed E-state index contributed by atoms with van der Waals surface area (Å²) in [5, 5.41) is 8.48. The maximum atomic E-state index is 12.5. The van der Waals surface area contributed by atoms with Crippen LogP contribution in [0.25, 0.3) is 0 Å². The van der Waals surface area contributed by atoms with Crippen molar-refractivity contribution in [3.8, 4) is 0 Å². The van der Waals surface area contributed by atoms with Gasteiger partial charge in [-0.25, -0.2) is 0 Å². The topological polar surface area (TPSA) is 91.7 Å². The molecule has 2 aromatic rings. The Bertz CT molecular complexity index is 878. The van der Waals surface area contributed by atoms with E-state index in [0.29, 0.717) is 23.8 Å². The van der Waals surface area contributed by atoms with E-state index in [1.165, 1.54) is 6.92 Å². The van der Waals surface area contributed by atoms with Crippen LogP contribution in [0.15, 0.2) is 48.5 Å². The van der Waals surface area contributed by atoms with Crippen LogP contribution in [0.5, 0.6) is 0 Å². The number of rotatable bonds is 9. The number of carbonyl (C=O) groups is 3. The molecule has 0 heterocycles. The molecule has 0 bridgehead atoms. The Labute approximate surface area is 177 Å². The highest BCUT2D eigenvalue weighted by Gasteiger charge is 2.18. The SMILES string of the molecule is CC[NH+](CC(=O)Nc1ccc(NC(C)=O)cc1)CC(=O)Nc1ccccc1C(C)C. The van der Waals surface area contributed by atoms with E-state index in [1.54, 1.807) is 24.3 Å². The average Bonchev–Trinajstić information content (AvgIpc) is 2.68. The summed E-state index contributed by atoms with van der Waals surface area (Å²) in [5.74, 6) is -0.135. The molecule has 7 heteroatoms. The molecule has 0 spiro atoms. The molecule has 2 aromatic carbocycles. The summed E-state index contributed by atoms with van der Waals surface area (Å²) in [4.78, 5) is 36.9. The number of likely N-dealkylation sites (N-methyl/N-ethyl adjacent to an activating group) is 1. The van der Waals surface area contributed by atoms with Crippen molar-refractivity contribution in [3.05, 3.63) is 54.1 Å². The zero-order valence-corrected chi connectivity index (χ0v) is 18.0. The zero-order chi connectivity index (χ0) is 22.1. The molecule has 1 unspecified atom stereocenters. The van der Waals surface area contributed by atoms with Crippen LogP contribution in [0.4, 0.5) is 17.1 Å². The van der Waals surface area contributed by atoms with Gasteiger partial charge in [-0.3, -0.25) is 14.4 Å². The molecule has 4 N–H and O–H groups in total. The summed E-state index contributed by atoms with van der Waals surface area (Å²) in [6.45, 7) is 8.59. The van der Waals surface area contributed by atoms with Crippen molar-refractivity contribution in [1.82, 2.24) is 0 Å². The first-order valence-corrected chi connectivity index (χ1v) is 10.2. The molecule has 1 atom stereocenters. The van der Waals surface area contributed by atoms with Gasteiger partial charge in [-0.15, -0.1) is 0 Å². The fourth-order valence-corrected chi connectivity index (χ4v) is 3.12. The number of carbonyl (C=O) groups excluding carboxylic acids is 3. The van der Waals surface area contributed by atoms with Crippen molar-refractivity contribution < 1.29 is 19.3 Å². The summed E-state index contributed by atoms with van der Waals surface area (Å²) in [7, 11) is 0. The Morgan fingerprint density at radius 3 is 1.90 bits per heavy atom. The molecule has 30 heavy (non-hydrogen) atoms. The molecule has 0 saturated heterocycles. The lowest BCUT2D eigenvalue weighted by molar-refractivity contribution is -0.881. The lowest BCUT2D eigenvalue weighted by atomic mass is 10.0. The van der Waals surface area contributed by atoms with Crippen molar-refractivity contribution in [2.24, 2.45) is 0 Å². The number of anilines is 3. The number of amides is 3. The first kappa shape index (κ1) is 23.1. The first-order chi connectivity index (χ1) is 14.3. The molecular formula is C23H31N4O3+. The lowest BCUT2D eigenvalue weighted by Gasteiger charge is -2.18. The number of para-hydroxylation sites is 1. The largest absolute Gasteiger partial charge is 0.326 e. The van der Waals surface area contributed by atoms with Gasteiger partial charge in [-0.2, -0.15) is 0 Å². The molecule has 0 aliphatic rings. The third-order valence-electron chi connectivity index (χ3n) is 4.67. The highest BCUT2D eigenvalue weighted by atomic mass is 16.2. The average molecular weight is 412 g/mol. The molecule has 0 saturated carbocycles. The van der Waals surface area contributed by atoms with Crippen LogP contribution in [-0.2, 0) is 14.4 Å². The van der Waals surface area contributed by atoms with Gasteiger partial charge in [0.1, 0.15) is 0 Å². The van der Waals surface area contributed by atoms with E-state index in [4.69, 9.17) is 0 Å². The van der Waals surface area contributed by atoms with E-state index in [-0.39, 0.29) is 30.8 Å². The van der Waals surface area contributed by atoms with Crippen molar-refractivity contribution in [1.29, 1.82) is 0 Å². The van der Waals surface area contributed by atoms with Gasteiger partial charge < -0.3 is 20.9 Å². The highest BCUT2D eigenvalue weighted by molar-refractivity contribution is 5.94. The fourth-order valence-electron chi connectivity index (χ4n) is 3.12. The van der Waals surface area contributed by atoms with Crippen LogP contribution in [0.3, 0.4) is 0 Å². The standard InChI is InChI=1S/C23H30N4O3/c1-5-27(15-23(30)26-21-9-7-6-8-20(21)16(2)3)14-22(29)25-19-12-10-18(11-13-19)24-17(4)28/h6-13,16H,5,14-15H2,1-4H3,(H,24,28)(H,25,29)(H,26,30)/p+1. The summed E-state index contributed by atoms with van der Waals surface area (Å²) < 4.78 is 0. The number of nitrogens with one attached hydrogen (secondary N) is 4. The van der Waals surface area contributed by atoms with E-state index in [0.717, 1.165) is 16.2 Å². The predicted molar refractivity (Wildman–Crippen MR) is 120 cm³/mol. The zero-order valence-electron chi connectivity index (χ0n) is 18.0. The van der Waals surface area contributed by atoms with Crippen molar-refractivity contribution in [2.75, 3.05) is 35.6 Å². The second-order valence-electron chi connectivity index (χ2n) is 7.55. The first-order valence-electron chi connectivity index (χ1n) is 10.2. The van der Waals surface area contributed by atoms with Crippen molar-refractivity contribution in [2.45, 2.75) is 33.6 Å². The quantitative estimate of drug-likeness (QED) is 0.510. The van der Waals surface area contributed by atoms with Gasteiger partial charge in [-0.05, 0) is 48.7 Å². The van der Waals surface area contributed by atoms with Crippen LogP contribution >= 0.6 is 0 Å². The molecular weight excluding hydrogens is 380 g/mol. The summed E-state index contributed by atoms with van der Waals surface area (Å²) in [6, 6.07) is 14.7. The minimum atomic E-state index is -0.172. The Morgan fingerprint density at radius 2 is 1.37 bits per heavy atom. The smallest absolute Gasteiger partial charge is 0.279 e. The maximum absolute atomic E-state index is 12.5. The molecule has 0 aromatic heterocycles. The van der Waals surface area contributed by atoms with Gasteiger partial charge in [-0.1, -0.05) is 32.0 Å². The molecule has 0 aliphatic heterocycles. The van der Waals surface area contributed by atoms with E-state index < -0.39 is 0 Å². The Kier molecular flexibility index (Phi) is 8.55. The monoisotopic (exact) mass is 411 g/mol. The van der Waals surface area contributed by atoms with Crippen LogP contribution in [-0.4, -0.2) is 37.4 Å². The van der Waals surface area contributed by atoms with E-state index in [9.17, 15) is 14.4 Å². The number of hydrogen-bond donors (Lipinski definition) is 4. The van der Waals surface area contributed by atoms with E-state index >= 15 is 0 Å². The minimum absolute atomic E-state index is 0.118. The Hall–Kier alpha value is -3.19. The van der Waals surface area contributed by atoms with E-state index in [1.807, 2.05) is 31.2 Å². The number of hydrogen-bond acceptors (Lipinski definition) is 3. The second kappa shape index (κ2) is 11.1. The fraction of sp³-hybridized carbons (Fsp3) is 0.348. The normalized spacial score (nSPS) is 11.6. The molecule has 0 aliphatic carbocycles. The summed E-state index contributed by atoms with van der Waals surface area (Å²) in [5.41, 5.74) is 3.21. The molecule has 3 amide bonds. The van der Waals surface area contributed by atoms with Gasteiger partial charge in [0, 0.05) is 24.0 Å². The Morgan fingerprint density at radius 1 is 0.833 bits per heavy atom. The molecule has 160 valence electrons. The van der Waals surface area contributed by atoms with E-state index in [2.05, 4.69) is 29.8 Å². The predicted octanol–water partition coefficient (Wildman–Crippen LogP) is 2.25. The lowest BCUT2D eigenvalue weighted by Crippen LogP contribution is -3.13. The van der Waals surface area contributed by atoms with Crippen LogP contribution in [0.1, 0.15) is 39.2 Å². The van der Waals surface area contributed by atoms with Gasteiger partial charge in [0.2, 0.25) is 5.91 Å². The van der Waals surface area contributed by atoms with Gasteiger partial charge in [0.05, 0.1) is 6.54 Å². The molecule has 0 radical (unpaired) electrons. The number of quaternary nitrogens is 1. The molecule has 7 nitrogen and oxygen atoms in total. The van der Waals surface area contributed by atoms with Gasteiger partial charge >= 0.3 is 0 Å². The van der Waals surface area contributed by atoms with Gasteiger partial charge in [0.25, 0.3) is 11.8 Å². The third kappa shape index (κ3) is 7.33. The van der Waals surface area contributed by atoms with Crippen LogP contribution in [0, 0.1) is 0 Å². The number of benzene rings is 2. The minimum Gasteiger partial charge on any atom is -0.326 e. The Balaban J connectivity index is 1.89. The van der Waals surface area contributed by atoms with Gasteiger partial charge in [0.15, 0.2) is 13.1 Å². The molecule has 0 fully saturated rings. The van der Waals surface area contributed by atoms with Crippen LogP contribution in [0.2, 0.25) is 0 Å². The van der Waals surface area contributed by atoms with Crippen LogP contribution < -0.4 is 20.9 Å². The maximum Gasteiger partial charge on any atom is 0.279 e. The highest BCUT2D eigenvalue weighted by Crippen LogP contribution is 2.23. The van der Waals surface area contributed by atoms with Crippen molar-refractivity contribution in [3.63, 3.8) is 0 Å².